The molecule has 4 heterocycles. The minimum Gasteiger partial charge on any atom is -0.478 e. The average Bonchev–Trinajstić information content (AvgIpc) is 3.58. The van der Waals surface area contributed by atoms with E-state index in [9.17, 15) is 14.7 Å². The van der Waals surface area contributed by atoms with Crippen molar-refractivity contribution in [3.05, 3.63) is 99.2 Å². The van der Waals surface area contributed by atoms with Gasteiger partial charge in [-0.3, -0.25) is 9.69 Å². The molecule has 1 saturated carbocycles. The predicted molar refractivity (Wildman–Crippen MR) is 159 cm³/mol. The second kappa shape index (κ2) is 9.79. The van der Waals surface area contributed by atoms with Gasteiger partial charge >= 0.3 is 5.97 Å². The summed E-state index contributed by atoms with van der Waals surface area (Å²) in [5.74, 6) is -1.85. The predicted octanol–water partition coefficient (Wildman–Crippen LogP) is 6.34. The Balaban J connectivity index is 1.51. The van der Waals surface area contributed by atoms with Gasteiger partial charge in [-0.25, -0.2) is 14.2 Å². The first kappa shape index (κ1) is 27.4. The van der Waals surface area contributed by atoms with Crippen molar-refractivity contribution in [1.29, 1.82) is 0 Å². The van der Waals surface area contributed by atoms with E-state index in [0.717, 1.165) is 18.4 Å². The van der Waals surface area contributed by atoms with Crippen molar-refractivity contribution in [1.82, 2.24) is 19.8 Å². The number of fused-ring (bicyclic) bond motifs is 5. The van der Waals surface area contributed by atoms with E-state index in [0.29, 0.717) is 58.6 Å². The molecule has 1 amide bonds. The SMILES string of the molecule is C=C1/C(=C\C(Cl)=C/C)NC(=O)[C@@]12[C@H](c1cccc(Cl)c1F)[C@H]1c3nc4cc(C(=O)O)ccc4n3CC[C@H]1N2CC1CC1. The van der Waals surface area contributed by atoms with Gasteiger partial charge in [0.15, 0.2) is 0 Å². The van der Waals surface area contributed by atoms with Crippen molar-refractivity contribution in [2.45, 2.75) is 56.1 Å². The smallest absolute Gasteiger partial charge is 0.335 e. The van der Waals surface area contributed by atoms with Gasteiger partial charge in [-0.2, -0.15) is 0 Å². The zero-order valence-electron chi connectivity index (χ0n) is 22.9. The summed E-state index contributed by atoms with van der Waals surface area (Å²) in [6.45, 7) is 7.58. The van der Waals surface area contributed by atoms with Gasteiger partial charge in [-0.05, 0) is 73.6 Å². The molecule has 1 spiro atoms. The number of imidazole rings is 1. The lowest BCUT2D eigenvalue weighted by molar-refractivity contribution is -0.128. The molecule has 2 N–H and O–H groups in total. The number of carboxylic acid groups (broad SMARTS) is 1. The van der Waals surface area contributed by atoms with Crippen LogP contribution in [0.2, 0.25) is 5.02 Å². The molecular formula is C32H29Cl2FN4O3. The number of allylic oxidation sites excluding steroid dienone is 3. The van der Waals surface area contributed by atoms with Crippen LogP contribution in [-0.4, -0.2) is 49.6 Å². The highest BCUT2D eigenvalue weighted by atomic mass is 35.5. The van der Waals surface area contributed by atoms with E-state index in [4.69, 9.17) is 28.2 Å². The topological polar surface area (TPSA) is 87.5 Å². The molecule has 0 unspecified atom stereocenters. The van der Waals surface area contributed by atoms with Crippen molar-refractivity contribution >= 4 is 46.1 Å². The van der Waals surface area contributed by atoms with Crippen LogP contribution in [0, 0.1) is 11.7 Å². The van der Waals surface area contributed by atoms with Crippen molar-refractivity contribution in [2.75, 3.05) is 6.54 Å². The number of hydrogen-bond donors (Lipinski definition) is 2. The molecule has 4 atom stereocenters. The van der Waals surface area contributed by atoms with Gasteiger partial charge in [0.2, 0.25) is 5.91 Å². The number of carboxylic acids is 1. The average molecular weight is 608 g/mol. The minimum absolute atomic E-state index is 0.0213. The van der Waals surface area contributed by atoms with Gasteiger partial charge in [-0.1, -0.05) is 48.0 Å². The number of aromatic nitrogens is 2. The number of nitrogens with one attached hydrogen (secondary N) is 1. The number of halogens is 3. The van der Waals surface area contributed by atoms with Crippen LogP contribution in [0.4, 0.5) is 4.39 Å². The molecule has 42 heavy (non-hydrogen) atoms. The van der Waals surface area contributed by atoms with Crippen molar-refractivity contribution in [2.24, 2.45) is 5.92 Å². The summed E-state index contributed by atoms with van der Waals surface area (Å²) in [7, 11) is 0. The number of hydrogen-bond acceptors (Lipinski definition) is 4. The van der Waals surface area contributed by atoms with Crippen LogP contribution in [0.1, 0.15) is 59.8 Å². The number of amides is 1. The third-order valence-corrected chi connectivity index (χ3v) is 10.1. The maximum absolute atomic E-state index is 16.1. The number of carbonyl (C=O) groups is 2. The zero-order chi connectivity index (χ0) is 29.5. The third-order valence-electron chi connectivity index (χ3n) is 9.45. The molecule has 1 aliphatic carbocycles. The Morgan fingerprint density at radius 2 is 2.07 bits per heavy atom. The van der Waals surface area contributed by atoms with Crippen molar-refractivity contribution in [3.8, 4) is 0 Å². The molecule has 2 aromatic carbocycles. The monoisotopic (exact) mass is 606 g/mol. The molecule has 0 bridgehead atoms. The summed E-state index contributed by atoms with van der Waals surface area (Å²) in [4.78, 5) is 33.4. The number of likely N-dealkylation sites (tertiary alicyclic amines) is 1. The van der Waals surface area contributed by atoms with Crippen LogP contribution in [0.5, 0.6) is 0 Å². The summed E-state index contributed by atoms with van der Waals surface area (Å²) in [5, 5.41) is 13.1. The first-order valence-electron chi connectivity index (χ1n) is 14.2. The standard InChI is InChI=1S/C32H29Cl2FN4O3/c1-3-19(33)14-22-16(2)32(31(42)37-22)27(20-5-4-6-21(34)28(20)35)26-25(39(32)15-17-7-8-17)11-12-38-24-10-9-18(30(40)41)13-23(24)36-29(26)38/h3-6,9-10,13-14,17,25-27H,2,7-8,11-12,15H2,1H3,(H,37,42)(H,40,41)/b19-3+,22-14+/t25-,26+,27-,32+/m1/s1. The number of rotatable bonds is 5. The van der Waals surface area contributed by atoms with Crippen LogP contribution in [0.3, 0.4) is 0 Å². The quantitative estimate of drug-likeness (QED) is 0.354. The second-order valence-corrected chi connectivity index (χ2v) is 12.5. The first-order chi connectivity index (χ1) is 20.2. The Morgan fingerprint density at radius 3 is 2.79 bits per heavy atom. The largest absolute Gasteiger partial charge is 0.478 e. The van der Waals surface area contributed by atoms with E-state index in [1.807, 2.05) is 6.92 Å². The minimum atomic E-state index is -1.31. The lowest BCUT2D eigenvalue weighted by Crippen LogP contribution is -2.56. The summed E-state index contributed by atoms with van der Waals surface area (Å²) in [6.07, 6.45) is 6.26. The van der Waals surface area contributed by atoms with Crippen LogP contribution < -0.4 is 5.32 Å². The van der Waals surface area contributed by atoms with E-state index in [1.165, 1.54) is 6.07 Å². The Bertz CT molecular complexity index is 1760. The molecule has 2 saturated heterocycles. The number of benzene rings is 2. The van der Waals surface area contributed by atoms with E-state index < -0.39 is 29.2 Å². The molecule has 216 valence electrons. The van der Waals surface area contributed by atoms with Gasteiger partial charge in [0, 0.05) is 41.7 Å². The van der Waals surface area contributed by atoms with Gasteiger partial charge < -0.3 is 15.0 Å². The van der Waals surface area contributed by atoms with Crippen LogP contribution in [-0.2, 0) is 11.3 Å². The maximum atomic E-state index is 16.1. The number of aryl methyl sites for hydroxylation is 1. The molecule has 3 aliphatic heterocycles. The Morgan fingerprint density at radius 1 is 1.29 bits per heavy atom. The van der Waals surface area contributed by atoms with E-state index >= 15 is 4.39 Å². The van der Waals surface area contributed by atoms with Crippen LogP contribution >= 0.6 is 23.2 Å². The van der Waals surface area contributed by atoms with E-state index in [-0.39, 0.29) is 22.5 Å². The third kappa shape index (κ3) is 3.85. The van der Waals surface area contributed by atoms with Gasteiger partial charge in [0.1, 0.15) is 17.2 Å². The Labute approximate surface area is 252 Å². The first-order valence-corrected chi connectivity index (χ1v) is 14.9. The molecule has 0 radical (unpaired) electrons. The normalized spacial score (nSPS) is 28.5. The number of carbonyl (C=O) groups excluding carboxylic acids is 1. The van der Waals surface area contributed by atoms with Gasteiger partial charge in [-0.15, -0.1) is 0 Å². The van der Waals surface area contributed by atoms with Crippen LogP contribution in [0.25, 0.3) is 11.0 Å². The molecular weight excluding hydrogens is 578 g/mol. The summed E-state index contributed by atoms with van der Waals surface area (Å²) >= 11 is 12.8. The van der Waals surface area contributed by atoms with Crippen molar-refractivity contribution < 1.29 is 19.1 Å². The summed E-state index contributed by atoms with van der Waals surface area (Å²) < 4.78 is 18.2. The van der Waals surface area contributed by atoms with E-state index in [2.05, 4.69) is 21.4 Å². The van der Waals surface area contributed by atoms with E-state index in [1.54, 1.807) is 42.5 Å². The molecule has 7 rings (SSSR count). The Hall–Kier alpha value is -3.46. The lowest BCUT2D eigenvalue weighted by atomic mass is 9.70. The number of nitrogens with zero attached hydrogens (tertiary/aromatic N) is 3. The van der Waals surface area contributed by atoms with Crippen molar-refractivity contribution in [3.63, 3.8) is 0 Å². The van der Waals surface area contributed by atoms with Gasteiger partial charge in [0.05, 0.1) is 21.6 Å². The molecule has 10 heteroatoms. The summed E-state index contributed by atoms with van der Waals surface area (Å²) in [5.41, 5.74) is 1.59. The maximum Gasteiger partial charge on any atom is 0.335 e. The molecule has 3 fully saturated rings. The highest BCUT2D eigenvalue weighted by Crippen LogP contribution is 2.62. The summed E-state index contributed by atoms with van der Waals surface area (Å²) in [6, 6.07) is 9.70. The van der Waals surface area contributed by atoms with Crippen LogP contribution in [0.15, 0.2) is 71.4 Å². The number of aromatic carboxylic acids is 1. The lowest BCUT2D eigenvalue weighted by Gasteiger charge is -2.40. The fraction of sp³-hybridized carbons (Fsp3) is 0.344. The molecule has 7 nitrogen and oxygen atoms in total. The van der Waals surface area contributed by atoms with Gasteiger partial charge in [0.25, 0.3) is 0 Å². The highest BCUT2D eigenvalue weighted by molar-refractivity contribution is 6.31. The molecule has 1 aromatic heterocycles. The fourth-order valence-corrected chi connectivity index (χ4v) is 7.75. The highest BCUT2D eigenvalue weighted by Gasteiger charge is 2.69. The zero-order valence-corrected chi connectivity index (χ0v) is 24.4. The Kier molecular flexibility index (Phi) is 6.38. The molecule has 3 aromatic rings. The fourth-order valence-electron chi connectivity index (χ4n) is 7.45. The second-order valence-electron chi connectivity index (χ2n) is 11.7. The molecule has 4 aliphatic rings.